The summed E-state index contributed by atoms with van der Waals surface area (Å²) in [5.41, 5.74) is 1.70. The predicted octanol–water partition coefficient (Wildman–Crippen LogP) is 2.94. The van der Waals surface area contributed by atoms with E-state index in [1.54, 1.807) is 5.38 Å². The van der Waals surface area contributed by atoms with Gasteiger partial charge in [-0.1, -0.05) is 17.7 Å². The van der Waals surface area contributed by atoms with Gasteiger partial charge < -0.3 is 4.74 Å². The molecule has 0 amide bonds. The number of aromatic nitrogens is 1. The van der Waals surface area contributed by atoms with Gasteiger partial charge in [0.15, 0.2) is 5.69 Å². The van der Waals surface area contributed by atoms with Gasteiger partial charge in [0, 0.05) is 11.8 Å². The molecule has 2 aromatic rings. The molecule has 0 radical (unpaired) electrons. The Morgan fingerprint density at radius 1 is 1.35 bits per heavy atom. The molecule has 1 aromatic heterocycles. The van der Waals surface area contributed by atoms with E-state index in [0.29, 0.717) is 12.3 Å². The molecule has 1 aromatic carbocycles. The van der Waals surface area contributed by atoms with Crippen molar-refractivity contribution in [3.63, 3.8) is 0 Å². The molecule has 0 saturated carbocycles. The summed E-state index contributed by atoms with van der Waals surface area (Å²) in [6, 6.07) is 9.97. The summed E-state index contributed by atoms with van der Waals surface area (Å²) >= 11 is 1.50. The molecule has 86 valence electrons. The minimum atomic E-state index is 0.486. The second-order valence-corrected chi connectivity index (χ2v) is 4.59. The van der Waals surface area contributed by atoms with Crippen LogP contribution in [0.1, 0.15) is 16.3 Å². The van der Waals surface area contributed by atoms with E-state index in [-0.39, 0.29) is 0 Å². The summed E-state index contributed by atoms with van der Waals surface area (Å²) < 4.78 is 5.59. The molecule has 3 nitrogen and oxygen atoms in total. The fourth-order valence-electron chi connectivity index (χ4n) is 1.37. The van der Waals surface area contributed by atoms with Gasteiger partial charge >= 0.3 is 0 Å². The lowest BCUT2D eigenvalue weighted by Gasteiger charge is -2.04. The molecule has 0 aliphatic heterocycles. The zero-order valence-corrected chi connectivity index (χ0v) is 10.3. The van der Waals surface area contributed by atoms with Crippen molar-refractivity contribution in [2.75, 3.05) is 6.61 Å². The molecular weight excluding hydrogens is 232 g/mol. The van der Waals surface area contributed by atoms with Gasteiger partial charge in [0.25, 0.3) is 0 Å². The molecule has 0 bridgehead atoms. The Morgan fingerprint density at radius 3 is 2.76 bits per heavy atom. The van der Waals surface area contributed by atoms with Crippen LogP contribution in [0.5, 0.6) is 5.75 Å². The topological polar surface area (TPSA) is 45.9 Å². The van der Waals surface area contributed by atoms with Crippen molar-refractivity contribution in [3.8, 4) is 11.8 Å². The Bertz CT molecular complexity index is 525. The summed E-state index contributed by atoms with van der Waals surface area (Å²) in [5, 5.41) is 11.3. The maximum Gasteiger partial charge on any atom is 0.151 e. The van der Waals surface area contributed by atoms with Crippen LogP contribution in [-0.4, -0.2) is 11.6 Å². The van der Waals surface area contributed by atoms with Crippen LogP contribution in [0.4, 0.5) is 0 Å². The van der Waals surface area contributed by atoms with Crippen LogP contribution in [0, 0.1) is 18.3 Å². The first-order valence-corrected chi connectivity index (χ1v) is 6.20. The normalized spacial score (nSPS) is 9.88. The number of nitriles is 1. The van der Waals surface area contributed by atoms with Crippen LogP contribution in [0.3, 0.4) is 0 Å². The lowest BCUT2D eigenvalue weighted by atomic mass is 10.2. The molecule has 0 saturated heterocycles. The minimum Gasteiger partial charge on any atom is -0.493 e. The average molecular weight is 244 g/mol. The zero-order valence-electron chi connectivity index (χ0n) is 9.51. The molecule has 1 heterocycles. The molecular formula is C13H12N2OS. The standard InChI is InChI=1S/C13H12N2OS/c1-10-2-4-12(5-3-10)16-7-6-13-15-11(8-14)9-17-13/h2-5,9H,6-7H2,1H3. The Kier molecular flexibility index (Phi) is 3.73. The van der Waals surface area contributed by atoms with Gasteiger partial charge in [-0.3, -0.25) is 0 Å². The number of hydrogen-bond acceptors (Lipinski definition) is 4. The highest BCUT2D eigenvalue weighted by Gasteiger charge is 2.01. The fourth-order valence-corrected chi connectivity index (χ4v) is 2.07. The first-order valence-electron chi connectivity index (χ1n) is 5.32. The molecule has 0 atom stereocenters. The van der Waals surface area contributed by atoms with Crippen LogP contribution in [-0.2, 0) is 6.42 Å². The third-order valence-corrected chi connectivity index (χ3v) is 3.18. The molecule has 2 rings (SSSR count). The van der Waals surface area contributed by atoms with E-state index >= 15 is 0 Å². The number of ether oxygens (including phenoxy) is 1. The largest absolute Gasteiger partial charge is 0.493 e. The number of rotatable bonds is 4. The first-order chi connectivity index (χ1) is 8.28. The average Bonchev–Trinajstić information content (AvgIpc) is 2.80. The lowest BCUT2D eigenvalue weighted by molar-refractivity contribution is 0.321. The highest BCUT2D eigenvalue weighted by atomic mass is 32.1. The molecule has 4 heteroatoms. The Hall–Kier alpha value is -1.86. The highest BCUT2D eigenvalue weighted by molar-refractivity contribution is 7.09. The summed E-state index contributed by atoms with van der Waals surface area (Å²) in [6.45, 7) is 2.63. The van der Waals surface area contributed by atoms with E-state index in [4.69, 9.17) is 10.00 Å². The van der Waals surface area contributed by atoms with Gasteiger partial charge in [-0.25, -0.2) is 4.98 Å². The highest BCUT2D eigenvalue weighted by Crippen LogP contribution is 2.13. The second kappa shape index (κ2) is 5.46. The fraction of sp³-hybridized carbons (Fsp3) is 0.231. The van der Waals surface area contributed by atoms with E-state index < -0.39 is 0 Å². The van der Waals surface area contributed by atoms with Gasteiger partial charge in [0.1, 0.15) is 11.8 Å². The SMILES string of the molecule is Cc1ccc(OCCc2nc(C#N)cs2)cc1. The lowest BCUT2D eigenvalue weighted by Crippen LogP contribution is -2.01. The Balaban J connectivity index is 1.83. The van der Waals surface area contributed by atoms with Crippen molar-refractivity contribution < 1.29 is 4.74 Å². The van der Waals surface area contributed by atoms with E-state index in [1.165, 1.54) is 16.9 Å². The molecule has 0 aliphatic rings. The number of benzene rings is 1. The van der Waals surface area contributed by atoms with Crippen molar-refractivity contribution in [1.29, 1.82) is 5.26 Å². The van der Waals surface area contributed by atoms with Crippen LogP contribution < -0.4 is 4.74 Å². The summed E-state index contributed by atoms with van der Waals surface area (Å²) in [7, 11) is 0. The molecule has 0 aliphatic carbocycles. The zero-order chi connectivity index (χ0) is 12.1. The van der Waals surface area contributed by atoms with Gasteiger partial charge in [-0.05, 0) is 19.1 Å². The number of nitrogens with zero attached hydrogens (tertiary/aromatic N) is 2. The quantitative estimate of drug-likeness (QED) is 0.830. The van der Waals surface area contributed by atoms with E-state index in [2.05, 4.69) is 4.98 Å². The third-order valence-electron chi connectivity index (χ3n) is 2.27. The summed E-state index contributed by atoms with van der Waals surface area (Å²) in [4.78, 5) is 4.15. The number of thiazole rings is 1. The van der Waals surface area contributed by atoms with Gasteiger partial charge in [0.05, 0.1) is 11.6 Å². The molecule has 0 unspecified atom stereocenters. The van der Waals surface area contributed by atoms with E-state index in [9.17, 15) is 0 Å². The Morgan fingerprint density at radius 2 is 2.12 bits per heavy atom. The molecule has 0 fully saturated rings. The first kappa shape index (κ1) is 11.6. The van der Waals surface area contributed by atoms with Gasteiger partial charge in [-0.2, -0.15) is 5.26 Å². The monoisotopic (exact) mass is 244 g/mol. The van der Waals surface area contributed by atoms with Gasteiger partial charge in [-0.15, -0.1) is 11.3 Å². The van der Waals surface area contributed by atoms with Crippen LogP contribution in [0.15, 0.2) is 29.6 Å². The maximum absolute atomic E-state index is 8.64. The smallest absolute Gasteiger partial charge is 0.151 e. The van der Waals surface area contributed by atoms with Crippen LogP contribution >= 0.6 is 11.3 Å². The van der Waals surface area contributed by atoms with E-state index in [1.807, 2.05) is 37.3 Å². The Labute approximate surface area is 104 Å². The third kappa shape index (κ3) is 3.30. The van der Waals surface area contributed by atoms with E-state index in [0.717, 1.165) is 17.2 Å². The number of hydrogen-bond donors (Lipinski definition) is 0. The predicted molar refractivity (Wildman–Crippen MR) is 67.2 cm³/mol. The van der Waals surface area contributed by atoms with Crippen molar-refractivity contribution in [2.45, 2.75) is 13.3 Å². The van der Waals surface area contributed by atoms with Crippen molar-refractivity contribution in [1.82, 2.24) is 4.98 Å². The van der Waals surface area contributed by atoms with Crippen molar-refractivity contribution in [2.24, 2.45) is 0 Å². The maximum atomic E-state index is 8.64. The molecule has 17 heavy (non-hydrogen) atoms. The number of aryl methyl sites for hydroxylation is 1. The van der Waals surface area contributed by atoms with Gasteiger partial charge in [0.2, 0.25) is 0 Å². The van der Waals surface area contributed by atoms with Crippen LogP contribution in [0.2, 0.25) is 0 Å². The van der Waals surface area contributed by atoms with Crippen LogP contribution in [0.25, 0.3) is 0 Å². The van der Waals surface area contributed by atoms with Crippen molar-refractivity contribution >= 4 is 11.3 Å². The molecule has 0 N–H and O–H groups in total. The van der Waals surface area contributed by atoms with Crippen molar-refractivity contribution in [3.05, 3.63) is 45.9 Å². The second-order valence-electron chi connectivity index (χ2n) is 3.65. The molecule has 0 spiro atoms. The summed E-state index contributed by atoms with van der Waals surface area (Å²) in [5.74, 6) is 0.868. The minimum absolute atomic E-state index is 0.486. The summed E-state index contributed by atoms with van der Waals surface area (Å²) in [6.07, 6.45) is 0.736.